The molecule has 116 valence electrons. The van der Waals surface area contributed by atoms with Crippen LogP contribution in [0, 0.1) is 6.92 Å². The number of pyridine rings is 1. The Hall–Kier alpha value is -2.41. The second kappa shape index (κ2) is 5.10. The Balaban J connectivity index is 1.89. The van der Waals surface area contributed by atoms with Gasteiger partial charge in [-0.05, 0) is 26.0 Å². The number of carbonyl (C=O) groups is 2. The summed E-state index contributed by atoms with van der Waals surface area (Å²) in [6.07, 6.45) is 1.71. The van der Waals surface area contributed by atoms with Crippen LogP contribution < -0.4 is 5.73 Å². The van der Waals surface area contributed by atoms with Gasteiger partial charge in [-0.3, -0.25) is 9.59 Å². The van der Waals surface area contributed by atoms with Crippen molar-refractivity contribution in [3.05, 3.63) is 35.8 Å². The van der Waals surface area contributed by atoms with Crippen LogP contribution in [-0.2, 0) is 9.53 Å². The summed E-state index contributed by atoms with van der Waals surface area (Å²) in [5.74, 6) is -0.797. The Morgan fingerprint density at radius 1 is 1.41 bits per heavy atom. The van der Waals surface area contributed by atoms with Crippen molar-refractivity contribution in [1.82, 2.24) is 14.3 Å². The molecule has 0 aromatic carbocycles. The quantitative estimate of drug-likeness (QED) is 0.867. The average Bonchev–Trinajstić information content (AvgIpc) is 2.92. The first kappa shape index (κ1) is 14.5. The minimum absolute atomic E-state index is 0.133. The van der Waals surface area contributed by atoms with E-state index in [1.54, 1.807) is 18.0 Å². The lowest BCUT2D eigenvalue weighted by Gasteiger charge is -2.37. The first-order chi connectivity index (χ1) is 10.4. The van der Waals surface area contributed by atoms with Crippen LogP contribution in [0.3, 0.4) is 0 Å². The van der Waals surface area contributed by atoms with Gasteiger partial charge in [-0.15, -0.1) is 0 Å². The van der Waals surface area contributed by atoms with Gasteiger partial charge in [-0.1, -0.05) is 6.07 Å². The molecule has 22 heavy (non-hydrogen) atoms. The number of nitrogens with two attached hydrogens (primary N) is 1. The van der Waals surface area contributed by atoms with Crippen molar-refractivity contribution in [2.45, 2.75) is 19.4 Å². The lowest BCUT2D eigenvalue weighted by Crippen LogP contribution is -2.58. The van der Waals surface area contributed by atoms with Gasteiger partial charge < -0.3 is 19.8 Å². The highest BCUT2D eigenvalue weighted by Gasteiger charge is 2.39. The molecule has 1 atom stereocenters. The maximum absolute atomic E-state index is 12.6. The van der Waals surface area contributed by atoms with Crippen LogP contribution in [0.25, 0.3) is 5.65 Å². The van der Waals surface area contributed by atoms with E-state index in [-0.39, 0.29) is 19.1 Å². The van der Waals surface area contributed by atoms with E-state index in [1.165, 1.54) is 0 Å². The summed E-state index contributed by atoms with van der Waals surface area (Å²) >= 11 is 0. The van der Waals surface area contributed by atoms with Crippen LogP contribution in [0.1, 0.15) is 23.1 Å². The van der Waals surface area contributed by atoms with Crippen LogP contribution in [0.15, 0.2) is 24.4 Å². The summed E-state index contributed by atoms with van der Waals surface area (Å²) in [6.45, 7) is 4.37. The van der Waals surface area contributed by atoms with Gasteiger partial charge in [0.2, 0.25) is 0 Å². The van der Waals surface area contributed by atoms with Crippen molar-refractivity contribution in [3.8, 4) is 0 Å². The topological polar surface area (TPSA) is 89.9 Å². The average molecular weight is 302 g/mol. The van der Waals surface area contributed by atoms with E-state index in [0.29, 0.717) is 17.9 Å². The first-order valence-corrected chi connectivity index (χ1v) is 7.08. The van der Waals surface area contributed by atoms with Crippen molar-refractivity contribution in [2.24, 2.45) is 5.73 Å². The van der Waals surface area contributed by atoms with Crippen LogP contribution in [0.4, 0.5) is 0 Å². The zero-order chi connectivity index (χ0) is 15.9. The number of amides is 2. The fourth-order valence-electron chi connectivity index (χ4n) is 2.61. The van der Waals surface area contributed by atoms with Gasteiger partial charge in [0.05, 0.1) is 13.2 Å². The van der Waals surface area contributed by atoms with Gasteiger partial charge in [0.25, 0.3) is 11.8 Å². The van der Waals surface area contributed by atoms with Gasteiger partial charge in [-0.25, -0.2) is 4.98 Å². The van der Waals surface area contributed by atoms with E-state index in [1.807, 2.05) is 29.5 Å². The highest BCUT2D eigenvalue weighted by atomic mass is 16.5. The minimum Gasteiger partial charge on any atom is -0.367 e. The smallest absolute Gasteiger partial charge is 0.274 e. The molecule has 1 saturated heterocycles. The molecule has 0 spiro atoms. The monoisotopic (exact) mass is 302 g/mol. The molecule has 1 fully saturated rings. The number of morpholine rings is 1. The fourth-order valence-corrected chi connectivity index (χ4v) is 2.61. The van der Waals surface area contributed by atoms with Crippen LogP contribution >= 0.6 is 0 Å². The molecule has 2 amide bonds. The van der Waals surface area contributed by atoms with Crippen LogP contribution in [0.5, 0.6) is 0 Å². The summed E-state index contributed by atoms with van der Waals surface area (Å²) in [7, 11) is 0. The van der Waals surface area contributed by atoms with E-state index < -0.39 is 11.5 Å². The molecule has 0 bridgehead atoms. The minimum atomic E-state index is -1.15. The van der Waals surface area contributed by atoms with Crippen molar-refractivity contribution in [2.75, 3.05) is 19.7 Å². The summed E-state index contributed by atoms with van der Waals surface area (Å²) < 4.78 is 7.29. The molecule has 1 aliphatic rings. The first-order valence-electron chi connectivity index (χ1n) is 7.08. The lowest BCUT2D eigenvalue weighted by molar-refractivity contribution is -0.150. The number of carbonyl (C=O) groups excluding carboxylic acids is 2. The van der Waals surface area contributed by atoms with Gasteiger partial charge in [0.15, 0.2) is 5.60 Å². The van der Waals surface area contributed by atoms with Gasteiger partial charge in [0.1, 0.15) is 11.3 Å². The third kappa shape index (κ3) is 2.33. The van der Waals surface area contributed by atoms with Crippen molar-refractivity contribution < 1.29 is 14.3 Å². The Morgan fingerprint density at radius 3 is 2.86 bits per heavy atom. The number of rotatable bonds is 2. The number of ether oxygens (including phenoxy) is 1. The summed E-state index contributed by atoms with van der Waals surface area (Å²) in [6, 6.07) is 5.68. The summed E-state index contributed by atoms with van der Waals surface area (Å²) in [5, 5.41) is 0. The maximum atomic E-state index is 12.6. The van der Waals surface area contributed by atoms with Gasteiger partial charge >= 0.3 is 0 Å². The van der Waals surface area contributed by atoms with E-state index >= 15 is 0 Å². The molecular weight excluding hydrogens is 284 g/mol. The zero-order valence-electron chi connectivity index (χ0n) is 12.6. The molecule has 1 aliphatic heterocycles. The van der Waals surface area contributed by atoms with E-state index in [0.717, 1.165) is 5.69 Å². The maximum Gasteiger partial charge on any atom is 0.274 e. The van der Waals surface area contributed by atoms with Crippen molar-refractivity contribution in [1.29, 1.82) is 0 Å². The molecule has 0 aliphatic carbocycles. The lowest BCUT2D eigenvalue weighted by atomic mass is 10.0. The molecule has 0 saturated carbocycles. The number of aryl methyl sites for hydroxylation is 1. The Morgan fingerprint density at radius 2 is 2.18 bits per heavy atom. The molecule has 3 rings (SSSR count). The zero-order valence-corrected chi connectivity index (χ0v) is 12.6. The predicted octanol–water partition coefficient (Wildman–Crippen LogP) is 0.359. The molecule has 7 heteroatoms. The Bertz CT molecular complexity index is 754. The number of primary amides is 1. The Kier molecular flexibility index (Phi) is 3.37. The molecule has 3 heterocycles. The number of fused-ring (bicyclic) bond motifs is 1. The third-order valence-corrected chi connectivity index (χ3v) is 4.00. The number of hydrogen-bond acceptors (Lipinski definition) is 4. The van der Waals surface area contributed by atoms with E-state index in [2.05, 4.69) is 4.98 Å². The summed E-state index contributed by atoms with van der Waals surface area (Å²) in [5.41, 5.74) is 6.27. The largest absolute Gasteiger partial charge is 0.367 e. The molecule has 2 N–H and O–H groups in total. The second-order valence-corrected chi connectivity index (χ2v) is 5.69. The van der Waals surface area contributed by atoms with Crippen molar-refractivity contribution in [3.63, 3.8) is 0 Å². The van der Waals surface area contributed by atoms with Gasteiger partial charge in [-0.2, -0.15) is 0 Å². The van der Waals surface area contributed by atoms with Crippen molar-refractivity contribution >= 4 is 17.5 Å². The highest BCUT2D eigenvalue weighted by molar-refractivity contribution is 5.94. The fraction of sp³-hybridized carbons (Fsp3) is 0.400. The standard InChI is InChI=1S/C15H18N4O3/c1-10-4-3-5-12-17-11(8-19(10)12)13(20)18-6-7-22-15(2,9-18)14(16)21/h3-5,8H,6-7,9H2,1-2H3,(H2,16,21)/t15-/m0/s1. The number of hydrogen-bond donors (Lipinski definition) is 1. The summed E-state index contributed by atoms with van der Waals surface area (Å²) in [4.78, 5) is 30.1. The molecule has 2 aromatic rings. The van der Waals surface area contributed by atoms with E-state index in [4.69, 9.17) is 10.5 Å². The SMILES string of the molecule is Cc1cccc2nc(C(=O)N3CCO[C@](C)(C(N)=O)C3)cn12. The number of imidazole rings is 1. The second-order valence-electron chi connectivity index (χ2n) is 5.69. The van der Waals surface area contributed by atoms with E-state index in [9.17, 15) is 9.59 Å². The number of nitrogens with zero attached hydrogens (tertiary/aromatic N) is 3. The molecule has 0 radical (unpaired) electrons. The molecule has 0 unspecified atom stereocenters. The Labute approximate surface area is 127 Å². The normalized spacial score (nSPS) is 22.0. The molecule has 7 nitrogen and oxygen atoms in total. The third-order valence-electron chi connectivity index (χ3n) is 4.00. The molecular formula is C15H18N4O3. The predicted molar refractivity (Wildman–Crippen MR) is 79.4 cm³/mol. The van der Waals surface area contributed by atoms with Crippen LogP contribution in [-0.4, -0.2) is 51.4 Å². The highest BCUT2D eigenvalue weighted by Crippen LogP contribution is 2.19. The van der Waals surface area contributed by atoms with Gasteiger partial charge in [0, 0.05) is 18.4 Å². The number of aromatic nitrogens is 2. The van der Waals surface area contributed by atoms with Crippen LogP contribution in [0.2, 0.25) is 0 Å². The molecule has 2 aromatic heterocycles.